The number of nitrogens with one attached hydrogen (secondary N) is 1. The first kappa shape index (κ1) is 12.8. The van der Waals surface area contributed by atoms with Crippen molar-refractivity contribution in [1.82, 2.24) is 9.78 Å². The first-order valence-electron chi connectivity index (χ1n) is 5.64. The van der Waals surface area contributed by atoms with Gasteiger partial charge < -0.3 is 15.8 Å². The van der Waals surface area contributed by atoms with Crippen molar-refractivity contribution in [3.8, 4) is 0 Å². The van der Waals surface area contributed by atoms with E-state index in [0.717, 1.165) is 36.8 Å². The molecule has 1 aromatic rings. The summed E-state index contributed by atoms with van der Waals surface area (Å²) in [4.78, 5) is 0. The molecule has 92 valence electrons. The molecule has 5 heteroatoms. The smallest absolute Gasteiger partial charge is 0.147 e. The lowest BCUT2D eigenvalue weighted by Crippen LogP contribution is -2.17. The lowest BCUT2D eigenvalue weighted by molar-refractivity contribution is 0.164. The van der Waals surface area contributed by atoms with Gasteiger partial charge in [0.15, 0.2) is 0 Å². The Kier molecular flexibility index (Phi) is 4.61. The first-order chi connectivity index (χ1) is 7.60. The molecule has 1 unspecified atom stereocenters. The van der Waals surface area contributed by atoms with Crippen LogP contribution in [0.3, 0.4) is 0 Å². The summed E-state index contributed by atoms with van der Waals surface area (Å²) in [6.07, 6.45) is 0.856. The SMILES string of the molecule is CCc1nn(C)c(NCC(C)COC)c1N. The fourth-order valence-corrected chi connectivity index (χ4v) is 1.68. The Labute approximate surface area is 97.0 Å². The zero-order valence-corrected chi connectivity index (χ0v) is 10.6. The van der Waals surface area contributed by atoms with Gasteiger partial charge in [0.25, 0.3) is 0 Å². The molecule has 5 nitrogen and oxygen atoms in total. The van der Waals surface area contributed by atoms with Gasteiger partial charge in [0.2, 0.25) is 0 Å². The molecule has 0 saturated carbocycles. The molecule has 0 bridgehead atoms. The summed E-state index contributed by atoms with van der Waals surface area (Å²) >= 11 is 0. The van der Waals surface area contributed by atoms with Crippen molar-refractivity contribution in [3.63, 3.8) is 0 Å². The minimum Gasteiger partial charge on any atom is -0.394 e. The quantitative estimate of drug-likeness (QED) is 0.766. The maximum Gasteiger partial charge on any atom is 0.147 e. The van der Waals surface area contributed by atoms with Crippen molar-refractivity contribution in [2.24, 2.45) is 13.0 Å². The molecule has 0 spiro atoms. The fourth-order valence-electron chi connectivity index (χ4n) is 1.68. The molecule has 1 heterocycles. The molecule has 0 aliphatic carbocycles. The largest absolute Gasteiger partial charge is 0.394 e. The van der Waals surface area contributed by atoms with Crippen molar-refractivity contribution in [3.05, 3.63) is 5.69 Å². The third-order valence-corrected chi connectivity index (χ3v) is 2.56. The Balaban J connectivity index is 2.63. The van der Waals surface area contributed by atoms with Gasteiger partial charge in [-0.05, 0) is 12.3 Å². The van der Waals surface area contributed by atoms with Gasteiger partial charge in [0.05, 0.1) is 18.0 Å². The number of nitrogens with two attached hydrogens (primary N) is 1. The summed E-state index contributed by atoms with van der Waals surface area (Å²) in [7, 11) is 3.61. The Morgan fingerprint density at radius 1 is 1.56 bits per heavy atom. The summed E-state index contributed by atoms with van der Waals surface area (Å²) in [6, 6.07) is 0. The molecule has 0 aliphatic heterocycles. The molecule has 3 N–H and O–H groups in total. The maximum atomic E-state index is 6.00. The van der Waals surface area contributed by atoms with E-state index in [-0.39, 0.29) is 0 Å². The van der Waals surface area contributed by atoms with Crippen LogP contribution in [0.1, 0.15) is 19.5 Å². The van der Waals surface area contributed by atoms with E-state index in [1.165, 1.54) is 0 Å². The van der Waals surface area contributed by atoms with E-state index in [9.17, 15) is 0 Å². The molecule has 0 aliphatic rings. The van der Waals surface area contributed by atoms with E-state index in [1.807, 2.05) is 7.05 Å². The van der Waals surface area contributed by atoms with Crippen molar-refractivity contribution in [1.29, 1.82) is 0 Å². The lowest BCUT2D eigenvalue weighted by atomic mass is 10.2. The monoisotopic (exact) mass is 226 g/mol. The number of hydrogen-bond donors (Lipinski definition) is 2. The molecular weight excluding hydrogens is 204 g/mol. The number of aromatic nitrogens is 2. The van der Waals surface area contributed by atoms with Gasteiger partial charge in [-0.15, -0.1) is 0 Å². The highest BCUT2D eigenvalue weighted by atomic mass is 16.5. The average molecular weight is 226 g/mol. The number of ether oxygens (including phenoxy) is 1. The molecular formula is C11H22N4O. The van der Waals surface area contributed by atoms with Crippen molar-refractivity contribution < 1.29 is 4.74 Å². The predicted molar refractivity (Wildman–Crippen MR) is 66.5 cm³/mol. The Hall–Kier alpha value is -1.23. The molecule has 1 rings (SSSR count). The third-order valence-electron chi connectivity index (χ3n) is 2.56. The van der Waals surface area contributed by atoms with Crippen LogP contribution < -0.4 is 11.1 Å². The molecule has 0 saturated heterocycles. The van der Waals surface area contributed by atoms with Crippen molar-refractivity contribution in [2.45, 2.75) is 20.3 Å². The van der Waals surface area contributed by atoms with Gasteiger partial charge in [-0.2, -0.15) is 5.10 Å². The number of rotatable bonds is 6. The van der Waals surface area contributed by atoms with Crippen LogP contribution in [0.5, 0.6) is 0 Å². The van der Waals surface area contributed by atoms with Gasteiger partial charge in [0.1, 0.15) is 5.82 Å². The van der Waals surface area contributed by atoms with E-state index in [2.05, 4.69) is 24.3 Å². The highest BCUT2D eigenvalue weighted by molar-refractivity contribution is 5.64. The number of nitrogen functional groups attached to an aromatic ring is 1. The zero-order valence-electron chi connectivity index (χ0n) is 10.6. The third kappa shape index (κ3) is 2.88. The van der Waals surface area contributed by atoms with E-state index < -0.39 is 0 Å². The zero-order chi connectivity index (χ0) is 12.1. The van der Waals surface area contributed by atoms with E-state index in [4.69, 9.17) is 10.5 Å². The Morgan fingerprint density at radius 3 is 2.75 bits per heavy atom. The topological polar surface area (TPSA) is 65.1 Å². The van der Waals surface area contributed by atoms with E-state index in [0.29, 0.717) is 5.92 Å². The van der Waals surface area contributed by atoms with Crippen LogP contribution in [0.15, 0.2) is 0 Å². The maximum absolute atomic E-state index is 6.00. The summed E-state index contributed by atoms with van der Waals surface area (Å²) in [5.41, 5.74) is 7.71. The van der Waals surface area contributed by atoms with Crippen LogP contribution in [0.4, 0.5) is 11.5 Å². The average Bonchev–Trinajstić information content (AvgIpc) is 2.52. The van der Waals surface area contributed by atoms with Gasteiger partial charge in [0, 0.05) is 20.7 Å². The number of anilines is 2. The highest BCUT2D eigenvalue weighted by Gasteiger charge is 2.12. The standard InChI is InChI=1S/C11H22N4O/c1-5-9-10(12)11(15(3)14-9)13-6-8(2)7-16-4/h8,13H,5-7,12H2,1-4H3. The minimum atomic E-state index is 0.448. The predicted octanol–water partition coefficient (Wildman–Crippen LogP) is 1.26. The normalized spacial score (nSPS) is 12.8. The van der Waals surface area contributed by atoms with Crippen LogP contribution in [0, 0.1) is 5.92 Å². The molecule has 1 aromatic heterocycles. The second kappa shape index (κ2) is 5.75. The number of hydrogen-bond acceptors (Lipinski definition) is 4. The van der Waals surface area contributed by atoms with Crippen LogP contribution in [-0.2, 0) is 18.2 Å². The van der Waals surface area contributed by atoms with E-state index >= 15 is 0 Å². The van der Waals surface area contributed by atoms with Crippen LogP contribution in [0.2, 0.25) is 0 Å². The fraction of sp³-hybridized carbons (Fsp3) is 0.727. The number of methoxy groups -OCH3 is 1. The second-order valence-electron chi connectivity index (χ2n) is 4.13. The summed E-state index contributed by atoms with van der Waals surface area (Å²) in [5.74, 6) is 1.35. The Morgan fingerprint density at radius 2 is 2.25 bits per heavy atom. The number of aryl methyl sites for hydroxylation is 2. The molecule has 16 heavy (non-hydrogen) atoms. The molecule has 0 aromatic carbocycles. The van der Waals surface area contributed by atoms with Gasteiger partial charge >= 0.3 is 0 Å². The van der Waals surface area contributed by atoms with Gasteiger partial charge in [-0.1, -0.05) is 13.8 Å². The summed E-state index contributed by atoms with van der Waals surface area (Å²) in [6.45, 7) is 5.76. The van der Waals surface area contributed by atoms with E-state index in [1.54, 1.807) is 11.8 Å². The lowest BCUT2D eigenvalue weighted by Gasteiger charge is -2.13. The molecule has 0 amide bonds. The van der Waals surface area contributed by atoms with Crippen LogP contribution in [0.25, 0.3) is 0 Å². The summed E-state index contributed by atoms with van der Waals surface area (Å²) < 4.78 is 6.88. The Bertz CT molecular complexity index is 335. The molecule has 0 fully saturated rings. The minimum absolute atomic E-state index is 0.448. The molecule has 0 radical (unpaired) electrons. The first-order valence-corrected chi connectivity index (χ1v) is 5.64. The molecule has 1 atom stereocenters. The highest BCUT2D eigenvalue weighted by Crippen LogP contribution is 2.22. The second-order valence-corrected chi connectivity index (χ2v) is 4.13. The van der Waals surface area contributed by atoms with Gasteiger partial charge in [-0.3, -0.25) is 4.68 Å². The van der Waals surface area contributed by atoms with Crippen LogP contribution >= 0.6 is 0 Å². The number of nitrogens with zero attached hydrogens (tertiary/aromatic N) is 2. The van der Waals surface area contributed by atoms with Gasteiger partial charge in [-0.25, -0.2) is 0 Å². The van der Waals surface area contributed by atoms with Crippen LogP contribution in [-0.4, -0.2) is 30.0 Å². The van der Waals surface area contributed by atoms with Crippen molar-refractivity contribution in [2.75, 3.05) is 31.3 Å². The van der Waals surface area contributed by atoms with Crippen molar-refractivity contribution >= 4 is 11.5 Å². The summed E-state index contributed by atoms with van der Waals surface area (Å²) in [5, 5.41) is 7.67.